The van der Waals surface area contributed by atoms with E-state index in [2.05, 4.69) is 15.5 Å². The fourth-order valence-corrected chi connectivity index (χ4v) is 2.78. The van der Waals surface area contributed by atoms with Crippen LogP contribution in [0.1, 0.15) is 0 Å². The van der Waals surface area contributed by atoms with Gasteiger partial charge in [-0.3, -0.25) is 0 Å². The summed E-state index contributed by atoms with van der Waals surface area (Å²) < 4.78 is 19.0. The van der Waals surface area contributed by atoms with Crippen molar-refractivity contribution in [2.75, 3.05) is 24.7 Å². The highest BCUT2D eigenvalue weighted by atomic mass is 32.2. The molecule has 0 bridgehead atoms. The van der Waals surface area contributed by atoms with E-state index in [1.54, 1.807) is 23.9 Å². The minimum Gasteiger partial charge on any atom is -0.493 e. The lowest BCUT2D eigenvalue weighted by Crippen LogP contribution is -1.99. The van der Waals surface area contributed by atoms with Crippen LogP contribution in [0.2, 0.25) is 0 Å². The third-order valence-corrected chi connectivity index (χ3v) is 4.05. The molecule has 2 aromatic rings. The van der Waals surface area contributed by atoms with Crippen LogP contribution in [0.5, 0.6) is 5.75 Å². The first-order chi connectivity index (χ1) is 8.78. The molecular formula is C11H12FN3OS2. The third kappa shape index (κ3) is 3.85. The molecule has 1 N–H and O–H groups in total. The van der Waals surface area contributed by atoms with Crippen molar-refractivity contribution in [1.29, 1.82) is 0 Å². The lowest BCUT2D eigenvalue weighted by atomic mass is 10.3. The van der Waals surface area contributed by atoms with Gasteiger partial charge in [0.25, 0.3) is 0 Å². The van der Waals surface area contributed by atoms with Crippen molar-refractivity contribution in [3.63, 3.8) is 0 Å². The molecule has 1 heterocycles. The van der Waals surface area contributed by atoms with Gasteiger partial charge in [0.15, 0.2) is 4.34 Å². The SMILES string of the molecule is CNc1nnc(SCCOc2ccc(F)cc2)s1. The maximum atomic E-state index is 12.7. The van der Waals surface area contributed by atoms with Gasteiger partial charge >= 0.3 is 0 Å². The fraction of sp³-hybridized carbons (Fsp3) is 0.273. The average Bonchev–Trinajstić information content (AvgIpc) is 2.85. The van der Waals surface area contributed by atoms with Crippen molar-refractivity contribution >= 4 is 28.2 Å². The molecule has 96 valence electrons. The van der Waals surface area contributed by atoms with Crippen molar-refractivity contribution in [1.82, 2.24) is 10.2 Å². The molecule has 0 saturated carbocycles. The van der Waals surface area contributed by atoms with Crippen molar-refractivity contribution < 1.29 is 9.13 Å². The minimum atomic E-state index is -0.259. The molecule has 2 rings (SSSR count). The van der Waals surface area contributed by atoms with Crippen LogP contribution in [0.15, 0.2) is 28.6 Å². The number of nitrogens with one attached hydrogen (secondary N) is 1. The molecule has 0 amide bonds. The van der Waals surface area contributed by atoms with Crippen molar-refractivity contribution in [3.05, 3.63) is 30.1 Å². The summed E-state index contributed by atoms with van der Waals surface area (Å²) in [4.78, 5) is 0. The zero-order chi connectivity index (χ0) is 12.8. The molecule has 0 unspecified atom stereocenters. The third-order valence-electron chi connectivity index (χ3n) is 2.01. The van der Waals surface area contributed by atoms with E-state index in [1.807, 2.05) is 7.05 Å². The number of nitrogens with zero attached hydrogens (tertiary/aromatic N) is 2. The summed E-state index contributed by atoms with van der Waals surface area (Å²) in [6.07, 6.45) is 0. The van der Waals surface area contributed by atoms with Crippen LogP contribution in [0.4, 0.5) is 9.52 Å². The number of thioether (sulfide) groups is 1. The largest absolute Gasteiger partial charge is 0.493 e. The number of aromatic nitrogens is 2. The van der Waals surface area contributed by atoms with Crippen LogP contribution < -0.4 is 10.1 Å². The van der Waals surface area contributed by atoms with Crippen molar-refractivity contribution in [2.24, 2.45) is 0 Å². The van der Waals surface area contributed by atoms with Gasteiger partial charge in [-0.15, -0.1) is 10.2 Å². The summed E-state index contributed by atoms with van der Waals surface area (Å²) in [6, 6.07) is 5.99. The monoisotopic (exact) mass is 285 g/mol. The van der Waals surface area contributed by atoms with E-state index in [9.17, 15) is 4.39 Å². The number of anilines is 1. The van der Waals surface area contributed by atoms with Gasteiger partial charge in [-0.05, 0) is 24.3 Å². The zero-order valence-corrected chi connectivity index (χ0v) is 11.4. The number of rotatable bonds is 6. The van der Waals surface area contributed by atoms with Crippen LogP contribution in [-0.2, 0) is 0 Å². The molecule has 0 atom stereocenters. The maximum absolute atomic E-state index is 12.7. The van der Waals surface area contributed by atoms with Gasteiger partial charge in [-0.25, -0.2) is 4.39 Å². The van der Waals surface area contributed by atoms with E-state index in [-0.39, 0.29) is 5.82 Å². The van der Waals surface area contributed by atoms with E-state index >= 15 is 0 Å². The Bertz CT molecular complexity index is 489. The molecule has 7 heteroatoms. The van der Waals surface area contributed by atoms with E-state index in [1.165, 1.54) is 23.5 Å². The maximum Gasteiger partial charge on any atom is 0.206 e. The highest BCUT2D eigenvalue weighted by Gasteiger charge is 2.03. The lowest BCUT2D eigenvalue weighted by Gasteiger charge is -2.04. The van der Waals surface area contributed by atoms with E-state index in [4.69, 9.17) is 4.74 Å². The Morgan fingerprint density at radius 1 is 1.33 bits per heavy atom. The Kier molecular flexibility index (Phi) is 4.77. The highest BCUT2D eigenvalue weighted by molar-refractivity contribution is 8.01. The topological polar surface area (TPSA) is 47.0 Å². The van der Waals surface area contributed by atoms with Gasteiger partial charge in [0, 0.05) is 12.8 Å². The lowest BCUT2D eigenvalue weighted by molar-refractivity contribution is 0.343. The second kappa shape index (κ2) is 6.55. The van der Waals surface area contributed by atoms with Crippen LogP contribution >= 0.6 is 23.1 Å². The zero-order valence-electron chi connectivity index (χ0n) is 9.72. The predicted octanol–water partition coefficient (Wildman–Crippen LogP) is 2.89. The van der Waals surface area contributed by atoms with Gasteiger partial charge in [-0.1, -0.05) is 23.1 Å². The molecule has 4 nitrogen and oxygen atoms in total. The fourth-order valence-electron chi connectivity index (χ4n) is 1.19. The molecule has 0 fully saturated rings. The Hall–Kier alpha value is -1.34. The summed E-state index contributed by atoms with van der Waals surface area (Å²) in [6.45, 7) is 0.546. The quantitative estimate of drug-likeness (QED) is 0.653. The predicted molar refractivity (Wildman–Crippen MR) is 72.1 cm³/mol. The summed E-state index contributed by atoms with van der Waals surface area (Å²) in [5.74, 6) is 1.19. The standard InChI is InChI=1S/C11H12FN3OS2/c1-13-10-14-15-11(18-10)17-7-6-16-9-4-2-8(12)3-5-9/h2-5H,6-7H2,1H3,(H,13,14). The minimum absolute atomic E-state index is 0.259. The van der Waals surface area contributed by atoms with Crippen LogP contribution in [-0.4, -0.2) is 29.6 Å². The number of hydrogen-bond acceptors (Lipinski definition) is 6. The van der Waals surface area contributed by atoms with Gasteiger partial charge in [0.05, 0.1) is 6.61 Å². The summed E-state index contributed by atoms with van der Waals surface area (Å²) in [5, 5.41) is 11.7. The molecule has 1 aromatic heterocycles. The Morgan fingerprint density at radius 3 is 2.78 bits per heavy atom. The second-order valence-electron chi connectivity index (χ2n) is 3.27. The Balaban J connectivity index is 1.71. The van der Waals surface area contributed by atoms with E-state index in [0.29, 0.717) is 12.4 Å². The Labute approximate surface area is 113 Å². The first-order valence-electron chi connectivity index (χ1n) is 5.30. The molecule has 0 radical (unpaired) electrons. The van der Waals surface area contributed by atoms with Crippen molar-refractivity contribution in [3.8, 4) is 5.75 Å². The first-order valence-corrected chi connectivity index (χ1v) is 7.10. The summed E-state index contributed by atoms with van der Waals surface area (Å²) in [5.41, 5.74) is 0. The first kappa shape index (κ1) is 13.1. The number of ether oxygens (including phenoxy) is 1. The molecular weight excluding hydrogens is 273 g/mol. The van der Waals surface area contributed by atoms with Gasteiger partial charge in [0.2, 0.25) is 5.13 Å². The van der Waals surface area contributed by atoms with E-state index < -0.39 is 0 Å². The normalized spacial score (nSPS) is 10.3. The van der Waals surface area contributed by atoms with Gasteiger partial charge in [-0.2, -0.15) is 0 Å². The molecule has 0 aliphatic heterocycles. The molecule has 0 spiro atoms. The number of hydrogen-bond donors (Lipinski definition) is 1. The van der Waals surface area contributed by atoms with Crippen molar-refractivity contribution in [2.45, 2.75) is 4.34 Å². The number of benzene rings is 1. The molecule has 1 aromatic carbocycles. The molecule has 0 saturated heterocycles. The van der Waals surface area contributed by atoms with E-state index in [0.717, 1.165) is 15.2 Å². The molecule has 0 aliphatic carbocycles. The summed E-state index contributed by atoms with van der Waals surface area (Å²) >= 11 is 3.09. The smallest absolute Gasteiger partial charge is 0.206 e. The number of halogens is 1. The summed E-state index contributed by atoms with van der Waals surface area (Å²) in [7, 11) is 1.81. The van der Waals surface area contributed by atoms with Gasteiger partial charge in [0.1, 0.15) is 11.6 Å². The molecule has 18 heavy (non-hydrogen) atoms. The van der Waals surface area contributed by atoms with Crippen LogP contribution in [0, 0.1) is 5.82 Å². The molecule has 0 aliphatic rings. The van der Waals surface area contributed by atoms with Crippen LogP contribution in [0.25, 0.3) is 0 Å². The van der Waals surface area contributed by atoms with Crippen LogP contribution in [0.3, 0.4) is 0 Å². The average molecular weight is 285 g/mol. The Morgan fingerprint density at radius 2 is 2.11 bits per heavy atom. The second-order valence-corrected chi connectivity index (χ2v) is 5.59. The highest BCUT2D eigenvalue weighted by Crippen LogP contribution is 2.24. The van der Waals surface area contributed by atoms with Gasteiger partial charge < -0.3 is 10.1 Å².